The first-order chi connectivity index (χ1) is 11.9. The van der Waals surface area contributed by atoms with E-state index in [1.165, 1.54) is 6.92 Å². The molecule has 29 heavy (non-hydrogen) atoms. The van der Waals surface area contributed by atoms with E-state index < -0.39 is 59.3 Å². The molecule has 1 N–H and O–H groups in total. The predicted molar refractivity (Wildman–Crippen MR) is 89.1 cm³/mol. The number of carbonyl (C=O) groups is 2. The standard InChI is InChI=1S/C4H7ClO4S.C4H8O5S.C2H6O4S.2Na/c1-4(6)9-2-3-10(5,7)8;1-4(5)9-2-3-10(6,7)8;3-1-2-7(4,5)6;;/h2-3H2,1H3;2-3H2,1H3,(H,6,7,8);3H,1-2H2,(H,4,5,6);;/q;;;2*+1/p-2. The third-order valence-electron chi connectivity index (χ3n) is 1.61. The molecule has 0 fully saturated rings. The van der Waals surface area contributed by atoms with Crippen LogP contribution in [0, 0.1) is 0 Å². The molecule has 0 heterocycles. The molecule has 0 rings (SSSR count). The van der Waals surface area contributed by atoms with Crippen LogP contribution >= 0.6 is 10.7 Å². The summed E-state index contributed by atoms with van der Waals surface area (Å²) in [6.07, 6.45) is 0. The van der Waals surface area contributed by atoms with Crippen molar-refractivity contribution in [3.63, 3.8) is 0 Å². The van der Waals surface area contributed by atoms with Gasteiger partial charge in [-0.3, -0.25) is 9.59 Å². The molecule has 164 valence electrons. The van der Waals surface area contributed by atoms with E-state index in [9.17, 15) is 43.9 Å². The average Bonchev–Trinajstić information content (AvgIpc) is 2.34. The van der Waals surface area contributed by atoms with Crippen LogP contribution in [-0.4, -0.2) is 88.5 Å². The van der Waals surface area contributed by atoms with Gasteiger partial charge in [-0.05, 0) is 0 Å². The van der Waals surface area contributed by atoms with Gasteiger partial charge in [-0.1, -0.05) is 0 Å². The van der Waals surface area contributed by atoms with E-state index in [4.69, 9.17) is 15.8 Å². The van der Waals surface area contributed by atoms with Crippen molar-refractivity contribution in [1.29, 1.82) is 0 Å². The number of halogens is 1. The van der Waals surface area contributed by atoms with Crippen molar-refractivity contribution in [2.45, 2.75) is 13.8 Å². The first kappa shape index (κ1) is 40.3. The molecule has 0 aliphatic carbocycles. The number of hydrogen-bond donors (Lipinski definition) is 1. The fourth-order valence-corrected chi connectivity index (χ4v) is 1.67. The summed E-state index contributed by atoms with van der Waals surface area (Å²) in [5.74, 6) is -2.79. The molecule has 13 nitrogen and oxygen atoms in total. The Labute approximate surface area is 218 Å². The topological polar surface area (TPSA) is 221 Å². The summed E-state index contributed by atoms with van der Waals surface area (Å²) in [6.45, 7) is 1.20. The second-order valence-corrected chi connectivity index (χ2v) is 10.1. The van der Waals surface area contributed by atoms with Gasteiger partial charge in [0.1, 0.15) is 13.2 Å². The summed E-state index contributed by atoms with van der Waals surface area (Å²) in [6, 6.07) is 0. The van der Waals surface area contributed by atoms with Gasteiger partial charge in [0.15, 0.2) is 0 Å². The van der Waals surface area contributed by atoms with Gasteiger partial charge in [0.25, 0.3) is 0 Å². The van der Waals surface area contributed by atoms with Crippen LogP contribution in [0.15, 0.2) is 0 Å². The first-order valence-corrected chi connectivity index (χ1v) is 12.2. The Kier molecular flexibility index (Phi) is 29.0. The number of rotatable bonds is 8. The molecule has 0 spiro atoms. The van der Waals surface area contributed by atoms with Crippen molar-refractivity contribution in [2.24, 2.45) is 0 Å². The van der Waals surface area contributed by atoms with Crippen LogP contribution in [0.1, 0.15) is 13.8 Å². The van der Waals surface area contributed by atoms with Gasteiger partial charge in [0.2, 0.25) is 9.05 Å². The minimum Gasteiger partial charge on any atom is -0.748 e. The number of ether oxygens (including phenoxy) is 2. The van der Waals surface area contributed by atoms with Crippen LogP contribution < -0.4 is 59.1 Å². The summed E-state index contributed by atoms with van der Waals surface area (Å²) in [5, 5.41) is 7.82. The van der Waals surface area contributed by atoms with Gasteiger partial charge in [0, 0.05) is 24.5 Å². The van der Waals surface area contributed by atoms with E-state index in [-0.39, 0.29) is 78.1 Å². The van der Waals surface area contributed by atoms with Crippen molar-refractivity contribution in [3.8, 4) is 0 Å². The molecule has 0 aliphatic heterocycles. The van der Waals surface area contributed by atoms with E-state index in [1.54, 1.807) is 0 Å². The molecule has 0 bridgehead atoms. The Balaban J connectivity index is -0.0000000976. The van der Waals surface area contributed by atoms with Crippen LogP contribution in [0.2, 0.25) is 0 Å². The summed E-state index contributed by atoms with van der Waals surface area (Å²) >= 11 is 0. The molecule has 0 aromatic carbocycles. The van der Waals surface area contributed by atoms with Gasteiger partial charge in [-0.2, -0.15) is 0 Å². The Morgan fingerprint density at radius 2 is 1.10 bits per heavy atom. The van der Waals surface area contributed by atoms with E-state index in [2.05, 4.69) is 9.47 Å². The molecular formula is C10H19ClNa2O13S3. The summed E-state index contributed by atoms with van der Waals surface area (Å²) in [5.41, 5.74) is 0. The Bertz CT molecular complexity index is 702. The Morgan fingerprint density at radius 1 is 0.793 bits per heavy atom. The largest absolute Gasteiger partial charge is 1.00 e. The van der Waals surface area contributed by atoms with E-state index in [1.807, 2.05) is 0 Å². The van der Waals surface area contributed by atoms with Gasteiger partial charge in [-0.15, -0.1) is 0 Å². The third-order valence-corrected chi connectivity index (χ3v) is 4.08. The molecule has 0 saturated heterocycles. The zero-order valence-corrected chi connectivity index (χ0v) is 23.4. The van der Waals surface area contributed by atoms with E-state index in [0.717, 1.165) is 6.92 Å². The number of aliphatic hydroxyl groups is 1. The molecule has 0 amide bonds. The zero-order chi connectivity index (χ0) is 22.3. The molecule has 0 aromatic rings. The van der Waals surface area contributed by atoms with Gasteiger partial charge < -0.3 is 23.7 Å². The normalized spacial score (nSPS) is 10.4. The smallest absolute Gasteiger partial charge is 0.748 e. The minimum atomic E-state index is -4.25. The fourth-order valence-electron chi connectivity index (χ4n) is 0.684. The Hall–Kier alpha value is 0.960. The van der Waals surface area contributed by atoms with Crippen molar-refractivity contribution < 1.29 is 118 Å². The van der Waals surface area contributed by atoms with Crippen molar-refractivity contribution >= 4 is 51.9 Å². The first-order valence-electron chi connectivity index (χ1n) is 6.56. The number of aliphatic hydroxyl groups excluding tert-OH is 1. The quantitative estimate of drug-likeness (QED) is 0.135. The molecular weight excluding hydrogens is 506 g/mol. The van der Waals surface area contributed by atoms with Crippen LogP contribution in [-0.2, 0) is 48.3 Å². The second kappa shape index (κ2) is 20.8. The van der Waals surface area contributed by atoms with Crippen LogP contribution in [0.5, 0.6) is 0 Å². The van der Waals surface area contributed by atoms with Crippen molar-refractivity contribution in [2.75, 3.05) is 37.1 Å². The molecule has 0 aromatic heterocycles. The maximum absolute atomic E-state index is 10.2. The van der Waals surface area contributed by atoms with E-state index >= 15 is 0 Å². The molecule has 0 atom stereocenters. The van der Waals surface area contributed by atoms with Crippen molar-refractivity contribution in [3.05, 3.63) is 0 Å². The van der Waals surface area contributed by atoms with Gasteiger partial charge in [-0.25, -0.2) is 25.3 Å². The zero-order valence-electron chi connectivity index (χ0n) is 16.2. The van der Waals surface area contributed by atoms with Crippen LogP contribution in [0.25, 0.3) is 0 Å². The van der Waals surface area contributed by atoms with E-state index in [0.29, 0.717) is 0 Å². The molecule has 0 aliphatic rings. The molecule has 0 saturated carbocycles. The average molecular weight is 525 g/mol. The molecule has 0 unspecified atom stereocenters. The van der Waals surface area contributed by atoms with Gasteiger partial charge in [0.05, 0.1) is 44.1 Å². The van der Waals surface area contributed by atoms with Crippen molar-refractivity contribution in [1.82, 2.24) is 0 Å². The summed E-state index contributed by atoms with van der Waals surface area (Å²) in [7, 11) is -7.15. The number of carbonyl (C=O) groups excluding carboxylic acids is 2. The summed E-state index contributed by atoms with van der Waals surface area (Å²) < 4.78 is 87.0. The minimum absolute atomic E-state index is 0. The molecule has 0 radical (unpaired) electrons. The van der Waals surface area contributed by atoms with Crippen LogP contribution in [0.4, 0.5) is 0 Å². The Morgan fingerprint density at radius 3 is 1.28 bits per heavy atom. The third kappa shape index (κ3) is 58.6. The predicted octanol–water partition coefficient (Wildman–Crippen LogP) is -8.26. The monoisotopic (exact) mass is 524 g/mol. The maximum atomic E-state index is 10.2. The second-order valence-electron chi connectivity index (χ2n) is 4.17. The van der Waals surface area contributed by atoms with Gasteiger partial charge >= 0.3 is 71.1 Å². The number of esters is 2. The van der Waals surface area contributed by atoms with Crippen LogP contribution in [0.3, 0.4) is 0 Å². The molecule has 19 heteroatoms. The fraction of sp³-hybridized carbons (Fsp3) is 0.800. The summed E-state index contributed by atoms with van der Waals surface area (Å²) in [4.78, 5) is 20.1. The maximum Gasteiger partial charge on any atom is 1.00 e. The SMILES string of the molecule is CC(=O)OCCS(=O)(=O)Cl.CC(=O)OCCS(=O)(=O)[O-].O=S(=O)([O-])CCO.[Na+].[Na+]. The number of hydrogen-bond acceptors (Lipinski definition) is 13.